The molecule has 1 N–H and O–H groups in total. The van der Waals surface area contributed by atoms with E-state index in [1.165, 1.54) is 9.35 Å². The minimum Gasteiger partial charge on any atom is -0.250 e. The third kappa shape index (κ3) is 2.55. The van der Waals surface area contributed by atoms with Gasteiger partial charge in [0.1, 0.15) is 0 Å². The van der Waals surface area contributed by atoms with Crippen LogP contribution in [0.5, 0.6) is 0 Å². The van der Waals surface area contributed by atoms with E-state index in [2.05, 4.69) is 39.7 Å². The largest absolute Gasteiger partial charge is 0.250 e. The van der Waals surface area contributed by atoms with Gasteiger partial charge in [0.2, 0.25) is 0 Å². The normalized spacial score (nSPS) is 13.8. The molecule has 1 aromatic rings. The molecule has 0 aliphatic carbocycles. The van der Waals surface area contributed by atoms with E-state index in [0.29, 0.717) is 6.04 Å². The zero-order chi connectivity index (χ0) is 9.14. The Morgan fingerprint density at radius 3 is 2.67 bits per heavy atom. The number of halogens is 1. The number of rotatable bonds is 3. The highest BCUT2D eigenvalue weighted by Crippen LogP contribution is 2.28. The van der Waals surface area contributed by atoms with Gasteiger partial charge in [-0.25, -0.2) is 5.43 Å². The highest BCUT2D eigenvalue weighted by atomic mass is 79.9. The summed E-state index contributed by atoms with van der Waals surface area (Å²) in [5, 5.41) is 4.06. The van der Waals surface area contributed by atoms with Crippen LogP contribution in [-0.2, 0) is 0 Å². The summed E-state index contributed by atoms with van der Waals surface area (Å²) in [5.41, 5.74) is 3.30. The third-order valence-corrected chi connectivity index (χ3v) is 3.54. The van der Waals surface area contributed by atoms with Crippen molar-refractivity contribution < 1.29 is 0 Å². The van der Waals surface area contributed by atoms with Gasteiger partial charge in [-0.1, -0.05) is 0 Å². The topological polar surface area (TPSA) is 15.3 Å². The molecule has 4 heteroatoms. The summed E-state index contributed by atoms with van der Waals surface area (Å²) >= 11 is 5.27. The Morgan fingerprint density at radius 1 is 1.58 bits per heavy atom. The van der Waals surface area contributed by atoms with Gasteiger partial charge >= 0.3 is 0 Å². The van der Waals surface area contributed by atoms with Crippen LogP contribution in [0.15, 0.2) is 15.9 Å². The van der Waals surface area contributed by atoms with Gasteiger partial charge in [0.25, 0.3) is 0 Å². The zero-order valence-corrected chi connectivity index (χ0v) is 9.87. The molecule has 68 valence electrons. The van der Waals surface area contributed by atoms with Crippen molar-refractivity contribution in [2.24, 2.45) is 0 Å². The van der Waals surface area contributed by atoms with Gasteiger partial charge in [-0.05, 0) is 34.3 Å². The summed E-state index contributed by atoms with van der Waals surface area (Å²) in [4.78, 5) is 1.34. The van der Waals surface area contributed by atoms with Crippen LogP contribution in [0.2, 0.25) is 0 Å². The van der Waals surface area contributed by atoms with Gasteiger partial charge in [-0.2, -0.15) is 0 Å². The van der Waals surface area contributed by atoms with Gasteiger partial charge < -0.3 is 0 Å². The molecule has 1 atom stereocenters. The van der Waals surface area contributed by atoms with Gasteiger partial charge in [-0.3, -0.25) is 5.01 Å². The fourth-order valence-corrected chi connectivity index (χ4v) is 2.78. The van der Waals surface area contributed by atoms with Crippen molar-refractivity contribution in [3.05, 3.63) is 20.8 Å². The first-order valence-electron chi connectivity index (χ1n) is 3.77. The molecule has 2 nitrogen and oxygen atoms in total. The lowest BCUT2D eigenvalue weighted by molar-refractivity contribution is 0.253. The van der Waals surface area contributed by atoms with Gasteiger partial charge in [0, 0.05) is 23.4 Å². The molecular formula is C8H13BrN2S. The minimum atomic E-state index is 0.370. The Hall–Kier alpha value is 0.100. The number of hydrazine groups is 1. The van der Waals surface area contributed by atoms with E-state index in [1.807, 2.05) is 19.1 Å². The van der Waals surface area contributed by atoms with Crippen molar-refractivity contribution in [1.29, 1.82) is 0 Å². The monoisotopic (exact) mass is 248 g/mol. The van der Waals surface area contributed by atoms with E-state index in [9.17, 15) is 0 Å². The summed E-state index contributed by atoms with van der Waals surface area (Å²) in [6, 6.07) is 2.45. The second-order valence-electron chi connectivity index (χ2n) is 2.88. The van der Waals surface area contributed by atoms with E-state index in [1.54, 1.807) is 11.3 Å². The second kappa shape index (κ2) is 4.37. The Labute approximate surface area is 85.7 Å². The van der Waals surface area contributed by atoms with Crippen LogP contribution in [0, 0.1) is 0 Å². The van der Waals surface area contributed by atoms with Crippen LogP contribution in [-0.4, -0.2) is 19.1 Å². The fourth-order valence-electron chi connectivity index (χ4n) is 1.06. The number of hydrogen-bond donors (Lipinski definition) is 1. The standard InChI is InChI=1S/C8H13BrN2S/c1-6(10-11(2)3)8-7(9)4-5-12-8/h4-6,10H,1-3H3. The first kappa shape index (κ1) is 10.2. The molecule has 0 amide bonds. The lowest BCUT2D eigenvalue weighted by atomic mass is 10.3. The molecule has 0 saturated heterocycles. The van der Waals surface area contributed by atoms with Crippen molar-refractivity contribution in [2.75, 3.05) is 14.1 Å². The average molecular weight is 249 g/mol. The molecule has 0 spiro atoms. The van der Waals surface area contributed by atoms with Gasteiger partial charge in [-0.15, -0.1) is 11.3 Å². The smallest absolute Gasteiger partial charge is 0.0541 e. The molecule has 0 radical (unpaired) electrons. The van der Waals surface area contributed by atoms with Crippen molar-refractivity contribution in [3.8, 4) is 0 Å². The molecule has 1 aromatic heterocycles. The number of thiophene rings is 1. The number of nitrogens with zero attached hydrogens (tertiary/aromatic N) is 1. The highest BCUT2D eigenvalue weighted by molar-refractivity contribution is 9.10. The van der Waals surface area contributed by atoms with Gasteiger partial charge in [0.15, 0.2) is 0 Å². The molecule has 0 aliphatic rings. The SMILES string of the molecule is CC(NN(C)C)c1sccc1Br. The summed E-state index contributed by atoms with van der Waals surface area (Å²) in [5.74, 6) is 0. The van der Waals surface area contributed by atoms with Crippen molar-refractivity contribution in [1.82, 2.24) is 10.4 Å². The van der Waals surface area contributed by atoms with Crippen LogP contribution in [0.25, 0.3) is 0 Å². The molecule has 0 saturated carbocycles. The van der Waals surface area contributed by atoms with Crippen LogP contribution >= 0.6 is 27.3 Å². The van der Waals surface area contributed by atoms with E-state index in [4.69, 9.17) is 0 Å². The average Bonchev–Trinajstić information content (AvgIpc) is 2.33. The molecule has 1 heterocycles. The highest BCUT2D eigenvalue weighted by Gasteiger charge is 2.10. The first-order valence-corrected chi connectivity index (χ1v) is 5.45. The summed E-state index contributed by atoms with van der Waals surface area (Å²) < 4.78 is 1.19. The lowest BCUT2D eigenvalue weighted by Gasteiger charge is -2.18. The second-order valence-corrected chi connectivity index (χ2v) is 4.68. The maximum atomic E-state index is 3.51. The molecule has 1 unspecified atom stereocenters. The van der Waals surface area contributed by atoms with Gasteiger partial charge in [0.05, 0.1) is 6.04 Å². The third-order valence-electron chi connectivity index (χ3n) is 1.49. The Balaban J connectivity index is 2.65. The molecule has 12 heavy (non-hydrogen) atoms. The van der Waals surface area contributed by atoms with Crippen molar-refractivity contribution >= 4 is 27.3 Å². The van der Waals surface area contributed by atoms with E-state index < -0.39 is 0 Å². The Bertz CT molecular complexity index is 247. The number of hydrogen-bond acceptors (Lipinski definition) is 3. The lowest BCUT2D eigenvalue weighted by Crippen LogP contribution is -2.32. The van der Waals surface area contributed by atoms with Crippen LogP contribution < -0.4 is 5.43 Å². The van der Waals surface area contributed by atoms with Crippen molar-refractivity contribution in [2.45, 2.75) is 13.0 Å². The molecule has 0 bridgehead atoms. The predicted molar refractivity (Wildman–Crippen MR) is 57.3 cm³/mol. The Morgan fingerprint density at radius 2 is 2.25 bits per heavy atom. The fraction of sp³-hybridized carbons (Fsp3) is 0.500. The van der Waals surface area contributed by atoms with Crippen LogP contribution in [0.4, 0.5) is 0 Å². The first-order chi connectivity index (χ1) is 5.61. The van der Waals surface area contributed by atoms with E-state index >= 15 is 0 Å². The zero-order valence-electron chi connectivity index (χ0n) is 7.47. The summed E-state index contributed by atoms with van der Waals surface area (Å²) in [6.45, 7) is 2.15. The molecule has 0 aromatic carbocycles. The van der Waals surface area contributed by atoms with Crippen LogP contribution in [0.3, 0.4) is 0 Å². The quantitative estimate of drug-likeness (QED) is 0.828. The predicted octanol–water partition coefficient (Wildman–Crippen LogP) is 2.64. The van der Waals surface area contributed by atoms with E-state index in [-0.39, 0.29) is 0 Å². The molecular weight excluding hydrogens is 236 g/mol. The maximum Gasteiger partial charge on any atom is 0.0541 e. The maximum absolute atomic E-state index is 3.51. The Kier molecular flexibility index (Phi) is 3.71. The van der Waals surface area contributed by atoms with E-state index in [0.717, 1.165) is 0 Å². The molecule has 1 rings (SSSR count). The number of nitrogens with one attached hydrogen (secondary N) is 1. The summed E-state index contributed by atoms with van der Waals surface area (Å²) in [6.07, 6.45) is 0. The minimum absolute atomic E-state index is 0.370. The molecule has 0 fully saturated rings. The summed E-state index contributed by atoms with van der Waals surface area (Å²) in [7, 11) is 4.00. The molecule has 0 aliphatic heterocycles. The van der Waals surface area contributed by atoms with Crippen LogP contribution in [0.1, 0.15) is 17.8 Å². The van der Waals surface area contributed by atoms with Crippen molar-refractivity contribution in [3.63, 3.8) is 0 Å².